The second-order valence-electron chi connectivity index (χ2n) is 5.08. The second kappa shape index (κ2) is 6.41. The molecule has 104 valence electrons. The molecule has 2 atom stereocenters. The first-order valence-corrected chi connectivity index (χ1v) is 7.36. The normalized spacial score (nSPS) is 15.0. The predicted molar refractivity (Wildman–Crippen MR) is 78.2 cm³/mol. The van der Waals surface area contributed by atoms with Crippen LogP contribution in [0.25, 0.3) is 11.1 Å². The minimum absolute atomic E-state index is 0.0251. The van der Waals surface area contributed by atoms with E-state index in [1.54, 1.807) is 0 Å². The van der Waals surface area contributed by atoms with E-state index in [0.717, 1.165) is 17.5 Å². The summed E-state index contributed by atoms with van der Waals surface area (Å²) in [6.45, 7) is 4.27. The maximum atomic E-state index is 9.48. The number of aliphatic hydroxyl groups excluding tert-OH is 1. The quantitative estimate of drug-likeness (QED) is 0.796. The number of rotatable bonds is 6. The Morgan fingerprint density at radius 3 is 2.74 bits per heavy atom. The van der Waals surface area contributed by atoms with Gasteiger partial charge in [-0.2, -0.15) is 0 Å². The Labute approximate surface area is 117 Å². The number of hydrogen-bond acceptors (Lipinski definition) is 5. The lowest BCUT2D eigenvalue weighted by Crippen LogP contribution is -2.36. The molecule has 0 aliphatic carbocycles. The largest absolute Gasteiger partial charge is 0.431 e. The fourth-order valence-electron chi connectivity index (χ4n) is 1.99. The highest BCUT2D eigenvalue weighted by Gasteiger charge is 2.22. The Kier molecular flexibility index (Phi) is 4.85. The number of benzene rings is 1. The van der Waals surface area contributed by atoms with Crippen LogP contribution < -0.4 is 5.73 Å². The van der Waals surface area contributed by atoms with Gasteiger partial charge in [0.15, 0.2) is 5.58 Å². The summed E-state index contributed by atoms with van der Waals surface area (Å²) in [5.74, 6) is 0.508. The van der Waals surface area contributed by atoms with Gasteiger partial charge in [0, 0.05) is 6.04 Å². The van der Waals surface area contributed by atoms with Gasteiger partial charge in [0.1, 0.15) is 5.52 Å². The van der Waals surface area contributed by atoms with Gasteiger partial charge in [-0.25, -0.2) is 4.98 Å². The van der Waals surface area contributed by atoms with Crippen molar-refractivity contribution in [2.24, 2.45) is 11.7 Å². The fraction of sp³-hybridized carbons (Fsp3) is 0.500. The van der Waals surface area contributed by atoms with E-state index in [2.05, 4.69) is 18.8 Å². The third-order valence-electron chi connectivity index (χ3n) is 2.93. The zero-order valence-electron chi connectivity index (χ0n) is 11.2. The average Bonchev–Trinajstić information content (AvgIpc) is 2.77. The molecule has 4 nitrogen and oxygen atoms in total. The molecule has 2 unspecified atom stereocenters. The van der Waals surface area contributed by atoms with Crippen LogP contribution in [-0.2, 0) is 0 Å². The van der Waals surface area contributed by atoms with E-state index in [0.29, 0.717) is 11.1 Å². The number of nitrogens with zero attached hydrogens (tertiary/aromatic N) is 1. The van der Waals surface area contributed by atoms with Gasteiger partial charge in [0.2, 0.25) is 0 Å². The zero-order chi connectivity index (χ0) is 13.8. The number of nitrogens with two attached hydrogens (primary N) is 1. The number of fused-ring (bicyclic) bond motifs is 1. The third kappa shape index (κ3) is 3.72. The summed E-state index contributed by atoms with van der Waals surface area (Å²) in [7, 11) is 0. The Bertz CT molecular complexity index is 494. The first kappa shape index (κ1) is 14.4. The van der Waals surface area contributed by atoms with Gasteiger partial charge in [-0.15, -0.1) is 0 Å². The Morgan fingerprint density at radius 2 is 2.11 bits per heavy atom. The minimum atomic E-state index is -0.0875. The molecule has 0 spiro atoms. The molecule has 1 aromatic heterocycles. The van der Waals surface area contributed by atoms with Crippen molar-refractivity contribution in [1.29, 1.82) is 0 Å². The lowest BCUT2D eigenvalue weighted by Gasteiger charge is -2.21. The number of oxazole rings is 1. The van der Waals surface area contributed by atoms with Gasteiger partial charge >= 0.3 is 0 Å². The van der Waals surface area contributed by atoms with Crippen LogP contribution in [0, 0.1) is 5.92 Å². The van der Waals surface area contributed by atoms with E-state index in [9.17, 15) is 5.11 Å². The van der Waals surface area contributed by atoms with Crippen LogP contribution in [0.5, 0.6) is 0 Å². The maximum Gasteiger partial charge on any atom is 0.257 e. The van der Waals surface area contributed by atoms with Crippen LogP contribution in [0.2, 0.25) is 0 Å². The Balaban J connectivity index is 2.09. The SMILES string of the molecule is CC(C)CC(N)C(CO)Sc1nc2ccccc2o1. The minimum Gasteiger partial charge on any atom is -0.431 e. The molecular formula is C14H20N2O2S. The average molecular weight is 280 g/mol. The first-order valence-electron chi connectivity index (χ1n) is 6.48. The lowest BCUT2D eigenvalue weighted by molar-refractivity contribution is 0.274. The molecule has 2 aromatic rings. The van der Waals surface area contributed by atoms with Crippen molar-refractivity contribution in [3.8, 4) is 0 Å². The lowest BCUT2D eigenvalue weighted by atomic mass is 10.0. The highest BCUT2D eigenvalue weighted by molar-refractivity contribution is 7.99. The third-order valence-corrected chi connectivity index (χ3v) is 4.11. The van der Waals surface area contributed by atoms with Crippen LogP contribution in [0.1, 0.15) is 20.3 Å². The summed E-state index contributed by atoms with van der Waals surface area (Å²) >= 11 is 1.41. The molecule has 1 aromatic carbocycles. The van der Waals surface area contributed by atoms with Crippen molar-refractivity contribution in [2.75, 3.05) is 6.61 Å². The van der Waals surface area contributed by atoms with Gasteiger partial charge in [-0.1, -0.05) is 37.7 Å². The number of aromatic nitrogens is 1. The molecule has 0 aliphatic rings. The van der Waals surface area contributed by atoms with Gasteiger partial charge in [0.25, 0.3) is 5.22 Å². The zero-order valence-corrected chi connectivity index (χ0v) is 12.1. The smallest absolute Gasteiger partial charge is 0.257 e. The number of para-hydroxylation sites is 2. The summed E-state index contributed by atoms with van der Waals surface area (Å²) in [5, 5.41) is 9.96. The van der Waals surface area contributed by atoms with Crippen molar-refractivity contribution in [3.63, 3.8) is 0 Å². The molecule has 0 amide bonds. The van der Waals surface area contributed by atoms with Crippen LogP contribution in [0.15, 0.2) is 33.9 Å². The van der Waals surface area contributed by atoms with E-state index < -0.39 is 0 Å². The molecule has 0 saturated carbocycles. The topological polar surface area (TPSA) is 72.3 Å². The summed E-state index contributed by atoms with van der Waals surface area (Å²) in [5.41, 5.74) is 7.72. The number of thioether (sulfide) groups is 1. The monoisotopic (exact) mass is 280 g/mol. The van der Waals surface area contributed by atoms with Gasteiger partial charge in [0.05, 0.1) is 11.9 Å². The highest BCUT2D eigenvalue weighted by Crippen LogP contribution is 2.28. The molecule has 3 N–H and O–H groups in total. The van der Waals surface area contributed by atoms with Crippen LogP contribution in [0.3, 0.4) is 0 Å². The van der Waals surface area contributed by atoms with Gasteiger partial charge in [-0.05, 0) is 24.5 Å². The van der Waals surface area contributed by atoms with Crippen molar-refractivity contribution in [1.82, 2.24) is 4.98 Å². The molecule has 1 heterocycles. The van der Waals surface area contributed by atoms with Crippen LogP contribution in [-0.4, -0.2) is 28.0 Å². The van der Waals surface area contributed by atoms with E-state index in [1.807, 2.05) is 24.3 Å². The molecule has 0 fully saturated rings. The molecule has 19 heavy (non-hydrogen) atoms. The van der Waals surface area contributed by atoms with Crippen molar-refractivity contribution < 1.29 is 9.52 Å². The summed E-state index contributed by atoms with van der Waals surface area (Å²) in [4.78, 5) is 4.39. The molecule has 0 saturated heterocycles. The molecule has 5 heteroatoms. The number of hydrogen-bond donors (Lipinski definition) is 2. The molecule has 0 aliphatic heterocycles. The van der Waals surface area contributed by atoms with Gasteiger partial charge < -0.3 is 15.3 Å². The van der Waals surface area contributed by atoms with E-state index in [1.165, 1.54) is 11.8 Å². The standard InChI is InChI=1S/C14H20N2O2S/c1-9(2)7-10(15)13(8-17)19-14-16-11-5-3-4-6-12(11)18-14/h3-6,9-10,13,17H,7-8,15H2,1-2H3. The Morgan fingerprint density at radius 1 is 1.37 bits per heavy atom. The van der Waals surface area contributed by atoms with Crippen molar-refractivity contribution in [2.45, 2.75) is 36.8 Å². The highest BCUT2D eigenvalue weighted by atomic mass is 32.2. The molecule has 2 rings (SSSR count). The predicted octanol–water partition coefficient (Wildman–Crippen LogP) is 2.65. The fourth-order valence-corrected chi connectivity index (χ4v) is 2.90. The Hall–Kier alpha value is -1.04. The first-order chi connectivity index (χ1) is 9.10. The maximum absolute atomic E-state index is 9.48. The van der Waals surface area contributed by atoms with E-state index in [4.69, 9.17) is 10.2 Å². The van der Waals surface area contributed by atoms with Crippen LogP contribution >= 0.6 is 11.8 Å². The van der Waals surface area contributed by atoms with Crippen LogP contribution in [0.4, 0.5) is 0 Å². The second-order valence-corrected chi connectivity index (χ2v) is 6.27. The summed E-state index contributed by atoms with van der Waals surface area (Å²) in [6.07, 6.45) is 0.873. The molecule has 0 radical (unpaired) electrons. The summed E-state index contributed by atoms with van der Waals surface area (Å²) in [6, 6.07) is 7.56. The molecular weight excluding hydrogens is 260 g/mol. The molecule has 0 bridgehead atoms. The van der Waals surface area contributed by atoms with E-state index >= 15 is 0 Å². The van der Waals surface area contributed by atoms with E-state index in [-0.39, 0.29) is 17.9 Å². The van der Waals surface area contributed by atoms with Crippen molar-refractivity contribution in [3.05, 3.63) is 24.3 Å². The summed E-state index contributed by atoms with van der Waals surface area (Å²) < 4.78 is 5.64. The number of aliphatic hydroxyl groups is 1. The van der Waals surface area contributed by atoms with Crippen molar-refractivity contribution >= 4 is 22.9 Å². The van der Waals surface area contributed by atoms with Gasteiger partial charge in [-0.3, -0.25) is 0 Å².